The highest BCUT2D eigenvalue weighted by molar-refractivity contribution is 7.99. The van der Waals surface area contributed by atoms with Gasteiger partial charge in [-0.15, -0.1) is 0 Å². The van der Waals surface area contributed by atoms with Gasteiger partial charge in [0.2, 0.25) is 0 Å². The lowest BCUT2D eigenvalue weighted by Crippen LogP contribution is -2.25. The Hall–Kier alpha value is -0.610. The highest BCUT2D eigenvalue weighted by Crippen LogP contribution is 2.31. The van der Waals surface area contributed by atoms with Crippen LogP contribution >= 0.6 is 11.8 Å². The zero-order valence-corrected chi connectivity index (χ0v) is 12.8. The Kier molecular flexibility index (Phi) is 6.30. The van der Waals surface area contributed by atoms with Crippen molar-refractivity contribution in [1.82, 2.24) is 5.32 Å². The molecule has 0 heterocycles. The van der Waals surface area contributed by atoms with E-state index >= 15 is 0 Å². The molecule has 1 aliphatic rings. The number of rotatable bonds is 6. The molecule has 1 atom stereocenters. The lowest BCUT2D eigenvalue weighted by atomic mass is 10.0. The molecule has 0 bridgehead atoms. The Morgan fingerprint density at radius 3 is 2.65 bits per heavy atom. The Bertz CT molecular complexity index is 419. The minimum absolute atomic E-state index is 0.0347. The van der Waals surface area contributed by atoms with Crippen LogP contribution in [-0.2, 0) is 0 Å². The molecular formula is C16H23F2NS. The zero-order chi connectivity index (χ0) is 14.4. The summed E-state index contributed by atoms with van der Waals surface area (Å²) >= 11 is 1.93. The maximum absolute atomic E-state index is 13.9. The summed E-state index contributed by atoms with van der Waals surface area (Å²) in [7, 11) is 0. The SMILES string of the molecule is CCNC(CSC1CCCCC1)c1ccc(F)cc1F. The van der Waals surface area contributed by atoms with E-state index < -0.39 is 11.6 Å². The third kappa shape index (κ3) is 4.45. The van der Waals surface area contributed by atoms with Crippen molar-refractivity contribution < 1.29 is 8.78 Å². The summed E-state index contributed by atoms with van der Waals surface area (Å²) in [5, 5.41) is 4.02. The van der Waals surface area contributed by atoms with Gasteiger partial charge in [-0.2, -0.15) is 11.8 Å². The topological polar surface area (TPSA) is 12.0 Å². The number of halogens is 2. The van der Waals surface area contributed by atoms with E-state index in [1.807, 2.05) is 18.7 Å². The smallest absolute Gasteiger partial charge is 0.130 e. The summed E-state index contributed by atoms with van der Waals surface area (Å²) in [5.74, 6) is -0.109. The van der Waals surface area contributed by atoms with Gasteiger partial charge in [-0.05, 0) is 25.5 Å². The van der Waals surface area contributed by atoms with E-state index in [0.29, 0.717) is 10.8 Å². The van der Waals surface area contributed by atoms with Crippen LogP contribution in [0.1, 0.15) is 50.6 Å². The van der Waals surface area contributed by atoms with Crippen LogP contribution in [0.25, 0.3) is 0 Å². The molecule has 1 aromatic carbocycles. The van der Waals surface area contributed by atoms with Crippen molar-refractivity contribution in [3.8, 4) is 0 Å². The largest absolute Gasteiger partial charge is 0.309 e. The molecule has 1 N–H and O–H groups in total. The first-order chi connectivity index (χ1) is 9.70. The van der Waals surface area contributed by atoms with Crippen LogP contribution < -0.4 is 5.32 Å². The molecule has 1 nitrogen and oxygen atoms in total. The third-order valence-corrected chi connectivity index (χ3v) is 5.31. The molecule has 1 unspecified atom stereocenters. The standard InChI is InChI=1S/C16H23F2NS/c1-2-19-16(11-20-13-6-4-3-5-7-13)14-9-8-12(17)10-15(14)18/h8-10,13,16,19H,2-7,11H2,1H3. The molecule has 0 spiro atoms. The minimum atomic E-state index is -0.513. The van der Waals surface area contributed by atoms with Crippen LogP contribution in [0.2, 0.25) is 0 Å². The van der Waals surface area contributed by atoms with Gasteiger partial charge in [-0.25, -0.2) is 8.78 Å². The number of nitrogens with one attached hydrogen (secondary N) is 1. The molecule has 4 heteroatoms. The predicted octanol–water partition coefficient (Wildman–Crippen LogP) is 4.68. The third-order valence-electron chi connectivity index (χ3n) is 3.84. The summed E-state index contributed by atoms with van der Waals surface area (Å²) in [6.45, 7) is 2.80. The highest BCUT2D eigenvalue weighted by atomic mass is 32.2. The lowest BCUT2D eigenvalue weighted by molar-refractivity contribution is 0.510. The van der Waals surface area contributed by atoms with Gasteiger partial charge in [0.05, 0.1) is 0 Å². The molecule has 0 aliphatic heterocycles. The van der Waals surface area contributed by atoms with Gasteiger partial charge in [-0.1, -0.05) is 32.3 Å². The van der Waals surface area contributed by atoms with Crippen molar-refractivity contribution in [3.05, 3.63) is 35.4 Å². The van der Waals surface area contributed by atoms with E-state index in [0.717, 1.165) is 18.4 Å². The van der Waals surface area contributed by atoms with Gasteiger partial charge < -0.3 is 5.32 Å². The normalized spacial score (nSPS) is 18.1. The molecule has 1 fully saturated rings. The Morgan fingerprint density at radius 1 is 1.25 bits per heavy atom. The summed E-state index contributed by atoms with van der Waals surface area (Å²) in [5.41, 5.74) is 0.580. The highest BCUT2D eigenvalue weighted by Gasteiger charge is 2.19. The maximum atomic E-state index is 13.9. The minimum Gasteiger partial charge on any atom is -0.309 e. The predicted molar refractivity (Wildman–Crippen MR) is 82.1 cm³/mol. The summed E-state index contributed by atoms with van der Waals surface area (Å²) in [4.78, 5) is 0. The van der Waals surface area contributed by atoms with E-state index in [9.17, 15) is 8.78 Å². The molecule has 2 rings (SSSR count). The molecule has 1 aromatic rings. The van der Waals surface area contributed by atoms with Crippen molar-refractivity contribution in [2.45, 2.75) is 50.3 Å². The van der Waals surface area contributed by atoms with Crippen molar-refractivity contribution >= 4 is 11.8 Å². The Morgan fingerprint density at radius 2 is 2.00 bits per heavy atom. The van der Waals surface area contributed by atoms with Crippen LogP contribution in [0.4, 0.5) is 8.78 Å². The van der Waals surface area contributed by atoms with Gasteiger partial charge in [0.15, 0.2) is 0 Å². The first-order valence-corrected chi connectivity index (χ1v) is 8.55. The van der Waals surface area contributed by atoms with E-state index in [-0.39, 0.29) is 6.04 Å². The van der Waals surface area contributed by atoms with Crippen molar-refractivity contribution in [1.29, 1.82) is 0 Å². The zero-order valence-electron chi connectivity index (χ0n) is 12.0. The molecule has 20 heavy (non-hydrogen) atoms. The van der Waals surface area contributed by atoms with Crippen LogP contribution in [0.15, 0.2) is 18.2 Å². The molecule has 0 radical (unpaired) electrons. The molecule has 0 aromatic heterocycles. The molecule has 1 saturated carbocycles. The van der Waals surface area contributed by atoms with E-state index in [4.69, 9.17) is 0 Å². The van der Waals surface area contributed by atoms with Crippen LogP contribution in [0.3, 0.4) is 0 Å². The van der Waals surface area contributed by atoms with Gasteiger partial charge in [0.1, 0.15) is 11.6 Å². The second-order valence-electron chi connectivity index (χ2n) is 5.37. The average Bonchev–Trinajstić information content (AvgIpc) is 2.45. The van der Waals surface area contributed by atoms with E-state index in [1.165, 1.54) is 38.2 Å². The molecule has 1 aliphatic carbocycles. The van der Waals surface area contributed by atoms with Gasteiger partial charge in [-0.3, -0.25) is 0 Å². The molecule has 112 valence electrons. The number of hydrogen-bond acceptors (Lipinski definition) is 2. The van der Waals surface area contributed by atoms with Gasteiger partial charge in [0.25, 0.3) is 0 Å². The van der Waals surface area contributed by atoms with Gasteiger partial charge >= 0.3 is 0 Å². The first-order valence-electron chi connectivity index (χ1n) is 7.50. The van der Waals surface area contributed by atoms with E-state index in [1.54, 1.807) is 6.07 Å². The lowest BCUT2D eigenvalue weighted by Gasteiger charge is -2.25. The monoisotopic (exact) mass is 299 g/mol. The summed E-state index contributed by atoms with van der Waals surface area (Å²) in [6.07, 6.45) is 6.52. The maximum Gasteiger partial charge on any atom is 0.130 e. The summed E-state index contributed by atoms with van der Waals surface area (Å²) < 4.78 is 26.9. The van der Waals surface area contributed by atoms with Crippen molar-refractivity contribution in [3.63, 3.8) is 0 Å². The second kappa shape index (κ2) is 7.99. The quantitative estimate of drug-likeness (QED) is 0.818. The van der Waals surface area contributed by atoms with Crippen molar-refractivity contribution in [2.75, 3.05) is 12.3 Å². The van der Waals surface area contributed by atoms with Gasteiger partial charge in [0, 0.05) is 28.7 Å². The summed E-state index contributed by atoms with van der Waals surface area (Å²) in [6, 6.07) is 3.85. The Balaban J connectivity index is 1.98. The Labute approximate surface area is 124 Å². The number of thioether (sulfide) groups is 1. The average molecular weight is 299 g/mol. The second-order valence-corrected chi connectivity index (χ2v) is 6.70. The fourth-order valence-corrected chi connectivity index (χ4v) is 4.18. The van der Waals surface area contributed by atoms with Crippen molar-refractivity contribution in [2.24, 2.45) is 0 Å². The van der Waals surface area contributed by atoms with Crippen LogP contribution in [0.5, 0.6) is 0 Å². The molecule has 0 amide bonds. The van der Waals surface area contributed by atoms with Crippen LogP contribution in [0, 0.1) is 11.6 Å². The first kappa shape index (κ1) is 15.8. The fourth-order valence-electron chi connectivity index (χ4n) is 2.75. The van der Waals surface area contributed by atoms with E-state index in [2.05, 4.69) is 5.32 Å². The fraction of sp³-hybridized carbons (Fsp3) is 0.625. The van der Waals surface area contributed by atoms with Crippen LogP contribution in [-0.4, -0.2) is 17.5 Å². The molecular weight excluding hydrogens is 276 g/mol. The molecule has 0 saturated heterocycles. The number of benzene rings is 1. The number of hydrogen-bond donors (Lipinski definition) is 1.